The van der Waals surface area contributed by atoms with E-state index >= 15 is 0 Å². The fourth-order valence-electron chi connectivity index (χ4n) is 4.61. The molecular weight excluding hydrogens is 833 g/mol. The standard InChI is InChI=1S/C18H25F9O4.C11H16F6O2.C6H12O2/c1-5-13(2,3)12(28)31-11-7-9(14(4,29)16(19,20)21)6-10(8-11)15(30,17(22,23)24)18(25,26)27;1-4-9(2,3)8(18)19-6-10(14,15)5-11(16,17)7(12)13;1-4-6(2,3)5(7)8/h9-11,29-30H,5-8H2,1-4H3;7H,4-6H2,1-3H3;4H2,1-3H3,(H,7,8). The first-order valence-electron chi connectivity index (χ1n) is 17.7. The Balaban J connectivity index is 0. The van der Waals surface area contributed by atoms with E-state index in [1.165, 1.54) is 27.7 Å². The van der Waals surface area contributed by atoms with Gasteiger partial charge in [-0.25, -0.2) is 26.3 Å². The van der Waals surface area contributed by atoms with Crippen molar-refractivity contribution in [2.75, 3.05) is 6.61 Å². The van der Waals surface area contributed by atoms with E-state index in [4.69, 9.17) is 9.84 Å². The fourth-order valence-corrected chi connectivity index (χ4v) is 4.61. The lowest BCUT2D eigenvalue weighted by molar-refractivity contribution is -0.391. The van der Waals surface area contributed by atoms with Crippen molar-refractivity contribution in [2.45, 2.75) is 168 Å². The highest BCUT2D eigenvalue weighted by molar-refractivity contribution is 5.76. The molecule has 58 heavy (non-hydrogen) atoms. The highest BCUT2D eigenvalue weighted by Crippen LogP contribution is 2.55. The Morgan fingerprint density at radius 3 is 1.29 bits per heavy atom. The number of carbonyl (C=O) groups is 3. The number of esters is 2. The number of carbonyl (C=O) groups excluding carboxylic acids is 2. The third-order valence-electron chi connectivity index (χ3n) is 10.3. The number of ether oxygens (including phenoxy) is 2. The molecule has 0 saturated heterocycles. The quantitative estimate of drug-likeness (QED) is 0.116. The summed E-state index contributed by atoms with van der Waals surface area (Å²) in [5, 5.41) is 28.1. The Morgan fingerprint density at radius 2 is 0.983 bits per heavy atom. The first-order chi connectivity index (χ1) is 25.4. The number of hydrogen-bond acceptors (Lipinski definition) is 7. The van der Waals surface area contributed by atoms with Gasteiger partial charge in [-0.15, -0.1) is 0 Å². The number of rotatable bonds is 14. The molecule has 0 aromatic rings. The first-order valence-corrected chi connectivity index (χ1v) is 17.7. The van der Waals surface area contributed by atoms with Gasteiger partial charge < -0.3 is 24.8 Å². The first kappa shape index (κ1) is 57.4. The lowest BCUT2D eigenvalue weighted by Crippen LogP contribution is -2.64. The zero-order valence-electron chi connectivity index (χ0n) is 33.5. The molecule has 0 aromatic carbocycles. The average Bonchev–Trinajstić information content (AvgIpc) is 3.04. The van der Waals surface area contributed by atoms with E-state index in [2.05, 4.69) is 4.74 Å². The normalized spacial score (nSPS) is 20.2. The van der Waals surface area contributed by atoms with Gasteiger partial charge in [0.1, 0.15) is 6.10 Å². The summed E-state index contributed by atoms with van der Waals surface area (Å²) < 4.78 is 204. The second kappa shape index (κ2) is 19.8. The van der Waals surface area contributed by atoms with Crippen molar-refractivity contribution in [1.29, 1.82) is 0 Å². The van der Waals surface area contributed by atoms with E-state index in [0.717, 1.165) is 0 Å². The number of alkyl halides is 15. The molecule has 0 aliphatic heterocycles. The molecule has 346 valence electrons. The summed E-state index contributed by atoms with van der Waals surface area (Å²) in [4.78, 5) is 33.9. The van der Waals surface area contributed by atoms with Crippen LogP contribution in [0.25, 0.3) is 0 Å². The molecule has 0 spiro atoms. The Morgan fingerprint density at radius 1 is 0.603 bits per heavy atom. The van der Waals surface area contributed by atoms with E-state index in [1.807, 2.05) is 6.92 Å². The molecule has 1 rings (SSSR count). The SMILES string of the molecule is CCC(C)(C)C(=O)O.CCC(C)(C)C(=O)OC1CC(C(C)(O)C(F)(F)F)CC(C(O)(C(F)(F)F)C(F)(F)F)C1.CCC(C)(C)C(=O)OCC(F)(F)CC(F)(F)C(F)F. The second-order valence-electron chi connectivity index (χ2n) is 16.2. The van der Waals surface area contributed by atoms with Crippen LogP contribution in [0.4, 0.5) is 65.9 Å². The van der Waals surface area contributed by atoms with Crippen LogP contribution >= 0.6 is 0 Å². The van der Waals surface area contributed by atoms with Crippen LogP contribution in [-0.4, -0.2) is 93.9 Å². The molecule has 23 heteroatoms. The van der Waals surface area contributed by atoms with E-state index < -0.39 is 132 Å². The van der Waals surface area contributed by atoms with Gasteiger partial charge in [0.15, 0.2) is 12.2 Å². The van der Waals surface area contributed by atoms with Crippen LogP contribution in [0.5, 0.6) is 0 Å². The van der Waals surface area contributed by atoms with Crippen LogP contribution in [0.2, 0.25) is 0 Å². The third kappa shape index (κ3) is 15.4. The average molecular weight is 887 g/mol. The number of aliphatic hydroxyl groups is 2. The predicted octanol–water partition coefficient (Wildman–Crippen LogP) is 10.3. The summed E-state index contributed by atoms with van der Waals surface area (Å²) in [5.41, 5.74) is -11.8. The zero-order valence-corrected chi connectivity index (χ0v) is 33.5. The van der Waals surface area contributed by atoms with Crippen molar-refractivity contribution in [1.82, 2.24) is 0 Å². The number of halogens is 15. The molecule has 0 radical (unpaired) electrons. The molecule has 1 fully saturated rings. The largest absolute Gasteiger partial charge is 0.481 e. The minimum Gasteiger partial charge on any atom is -0.481 e. The number of carboxylic acid groups (broad SMARTS) is 1. The lowest BCUT2D eigenvalue weighted by Gasteiger charge is -2.47. The van der Waals surface area contributed by atoms with Crippen molar-refractivity contribution in [3.05, 3.63) is 0 Å². The van der Waals surface area contributed by atoms with E-state index in [-0.39, 0.29) is 13.3 Å². The third-order valence-corrected chi connectivity index (χ3v) is 10.3. The van der Waals surface area contributed by atoms with Crippen LogP contribution in [0, 0.1) is 28.1 Å². The van der Waals surface area contributed by atoms with Crippen LogP contribution in [0.15, 0.2) is 0 Å². The molecule has 0 bridgehead atoms. The van der Waals surface area contributed by atoms with Crippen molar-refractivity contribution in [3.8, 4) is 0 Å². The summed E-state index contributed by atoms with van der Waals surface area (Å²) in [6.45, 7) is 12.7. The Hall–Kier alpha value is -2.72. The van der Waals surface area contributed by atoms with Gasteiger partial charge in [-0.05, 0) is 87.0 Å². The summed E-state index contributed by atoms with van der Waals surface area (Å²) in [6, 6.07) is 0. The van der Waals surface area contributed by atoms with Crippen LogP contribution in [0.1, 0.15) is 114 Å². The van der Waals surface area contributed by atoms with Crippen molar-refractivity contribution in [3.63, 3.8) is 0 Å². The summed E-state index contributed by atoms with van der Waals surface area (Å²) in [5.74, 6) is -16.8. The van der Waals surface area contributed by atoms with Gasteiger partial charge in [0.2, 0.25) is 0 Å². The molecule has 1 saturated carbocycles. The maximum Gasteiger partial charge on any atom is 0.426 e. The summed E-state index contributed by atoms with van der Waals surface area (Å²) >= 11 is 0. The van der Waals surface area contributed by atoms with Gasteiger partial charge in [0, 0.05) is 11.8 Å². The minimum atomic E-state index is -6.28. The lowest BCUT2D eigenvalue weighted by atomic mass is 9.66. The molecule has 0 amide bonds. The fraction of sp³-hybridized carbons (Fsp3) is 0.914. The van der Waals surface area contributed by atoms with Gasteiger partial charge in [-0.2, -0.15) is 39.5 Å². The zero-order chi connectivity index (χ0) is 47.1. The Bertz CT molecular complexity index is 1320. The van der Waals surface area contributed by atoms with Crippen LogP contribution < -0.4 is 0 Å². The van der Waals surface area contributed by atoms with Crippen LogP contribution in [-0.2, 0) is 23.9 Å². The monoisotopic (exact) mass is 886 g/mol. The highest BCUT2D eigenvalue weighted by atomic mass is 19.4. The molecule has 0 aromatic heterocycles. The summed E-state index contributed by atoms with van der Waals surface area (Å²) in [6.07, 6.45) is -28.7. The molecule has 4 unspecified atom stereocenters. The summed E-state index contributed by atoms with van der Waals surface area (Å²) in [7, 11) is 0. The van der Waals surface area contributed by atoms with Gasteiger partial charge in [0.05, 0.1) is 22.7 Å². The van der Waals surface area contributed by atoms with E-state index in [9.17, 15) is 90.5 Å². The van der Waals surface area contributed by atoms with Gasteiger partial charge >= 0.3 is 48.8 Å². The number of hydrogen-bond donors (Lipinski definition) is 3. The molecule has 8 nitrogen and oxygen atoms in total. The molecule has 1 aliphatic carbocycles. The second-order valence-corrected chi connectivity index (χ2v) is 16.2. The predicted molar refractivity (Wildman–Crippen MR) is 176 cm³/mol. The molecule has 1 aliphatic rings. The van der Waals surface area contributed by atoms with E-state index in [1.54, 1.807) is 27.7 Å². The molecule has 4 atom stereocenters. The molecular formula is C35H53F15O8. The maximum atomic E-state index is 13.3. The Kier molecular flexibility index (Phi) is 19.6. The molecule has 3 N–H and O–H groups in total. The Labute approximate surface area is 326 Å². The van der Waals surface area contributed by atoms with Crippen molar-refractivity contribution >= 4 is 17.9 Å². The van der Waals surface area contributed by atoms with Crippen molar-refractivity contribution in [2.24, 2.45) is 28.1 Å². The maximum absolute atomic E-state index is 13.3. The van der Waals surface area contributed by atoms with Gasteiger partial charge in [-0.3, -0.25) is 14.4 Å². The number of aliphatic carboxylic acids is 1. The van der Waals surface area contributed by atoms with Crippen LogP contribution in [0.3, 0.4) is 0 Å². The smallest absolute Gasteiger partial charge is 0.426 e. The topological polar surface area (TPSA) is 130 Å². The number of carboxylic acids is 1. The minimum absolute atomic E-state index is 0.167. The van der Waals surface area contributed by atoms with Gasteiger partial charge in [-0.1, -0.05) is 20.8 Å². The van der Waals surface area contributed by atoms with E-state index in [0.29, 0.717) is 12.8 Å². The van der Waals surface area contributed by atoms with Gasteiger partial charge in [0.25, 0.3) is 11.5 Å². The molecule has 0 heterocycles. The van der Waals surface area contributed by atoms with Crippen molar-refractivity contribution < 1.29 is 105 Å². The highest BCUT2D eigenvalue weighted by Gasteiger charge is 2.75.